The summed E-state index contributed by atoms with van der Waals surface area (Å²) < 4.78 is 5.39. The number of carbonyl (C=O) groups excluding carboxylic acids is 1. The van der Waals surface area contributed by atoms with Crippen LogP contribution in [0.25, 0.3) is 11.1 Å². The maximum absolute atomic E-state index is 12.7. The summed E-state index contributed by atoms with van der Waals surface area (Å²) >= 11 is 0. The first-order valence-electron chi connectivity index (χ1n) is 9.45. The monoisotopic (exact) mass is 373 g/mol. The first-order chi connectivity index (χ1) is 13.7. The molecule has 0 saturated carbocycles. The number of ether oxygens (including phenoxy) is 1. The van der Waals surface area contributed by atoms with E-state index in [0.29, 0.717) is 5.56 Å². The minimum Gasteiger partial charge on any atom is -0.378 e. The molecule has 0 radical (unpaired) electrons. The predicted molar refractivity (Wildman–Crippen MR) is 112 cm³/mol. The Hall–Kier alpha value is -3.18. The Bertz CT molecular complexity index is 946. The fourth-order valence-electron chi connectivity index (χ4n) is 3.25. The average molecular weight is 373 g/mol. The zero-order valence-electron chi connectivity index (χ0n) is 15.9. The lowest BCUT2D eigenvalue weighted by Gasteiger charge is -2.28. The molecule has 5 nitrogen and oxygen atoms in total. The van der Waals surface area contributed by atoms with Crippen molar-refractivity contribution in [1.29, 1.82) is 0 Å². The van der Waals surface area contributed by atoms with Crippen LogP contribution in [0.4, 0.5) is 11.4 Å². The molecule has 28 heavy (non-hydrogen) atoms. The van der Waals surface area contributed by atoms with Gasteiger partial charge < -0.3 is 15.0 Å². The second-order valence-electron chi connectivity index (χ2n) is 6.93. The quantitative estimate of drug-likeness (QED) is 0.747. The van der Waals surface area contributed by atoms with Crippen LogP contribution >= 0.6 is 0 Å². The summed E-state index contributed by atoms with van der Waals surface area (Å²) in [6.45, 7) is 5.34. The van der Waals surface area contributed by atoms with Gasteiger partial charge in [-0.25, -0.2) is 0 Å². The maximum atomic E-state index is 12.7. The standard InChI is InChI=1S/C23H23N3O2/c1-17-2-4-18(5-3-17)19-14-20(16-24-15-19)23(27)25-21-6-8-22(9-7-21)26-10-12-28-13-11-26/h2-9,14-16H,10-13H2,1H3,(H,25,27). The molecule has 1 amide bonds. The summed E-state index contributed by atoms with van der Waals surface area (Å²) in [5, 5.41) is 2.95. The molecule has 5 heteroatoms. The van der Waals surface area contributed by atoms with E-state index in [9.17, 15) is 4.79 Å². The van der Waals surface area contributed by atoms with Gasteiger partial charge in [0, 0.05) is 42.4 Å². The van der Waals surface area contributed by atoms with Gasteiger partial charge in [0.15, 0.2) is 0 Å². The highest BCUT2D eigenvalue weighted by atomic mass is 16.5. The number of hydrogen-bond donors (Lipinski definition) is 1. The molecule has 0 aliphatic carbocycles. The highest BCUT2D eigenvalue weighted by Gasteiger charge is 2.12. The Morgan fingerprint density at radius 3 is 2.39 bits per heavy atom. The fraction of sp³-hybridized carbons (Fsp3) is 0.217. The van der Waals surface area contributed by atoms with E-state index in [-0.39, 0.29) is 5.91 Å². The number of morpholine rings is 1. The van der Waals surface area contributed by atoms with Gasteiger partial charge in [0.25, 0.3) is 5.91 Å². The first-order valence-corrected chi connectivity index (χ1v) is 9.45. The summed E-state index contributed by atoms with van der Waals surface area (Å²) in [6.07, 6.45) is 3.37. The molecule has 1 aliphatic rings. The van der Waals surface area contributed by atoms with E-state index >= 15 is 0 Å². The highest BCUT2D eigenvalue weighted by Crippen LogP contribution is 2.22. The summed E-state index contributed by atoms with van der Waals surface area (Å²) in [5.74, 6) is -0.166. The molecule has 142 valence electrons. The molecule has 4 rings (SSSR count). The summed E-state index contributed by atoms with van der Waals surface area (Å²) in [7, 11) is 0. The third kappa shape index (κ3) is 4.21. The molecule has 1 N–H and O–H groups in total. The number of amides is 1. The van der Waals surface area contributed by atoms with Crippen molar-refractivity contribution in [2.75, 3.05) is 36.5 Å². The van der Waals surface area contributed by atoms with Crippen molar-refractivity contribution in [1.82, 2.24) is 4.98 Å². The van der Waals surface area contributed by atoms with E-state index in [0.717, 1.165) is 48.8 Å². The Morgan fingerprint density at radius 1 is 0.964 bits per heavy atom. The number of pyridine rings is 1. The van der Waals surface area contributed by atoms with Crippen molar-refractivity contribution in [2.45, 2.75) is 6.92 Å². The van der Waals surface area contributed by atoms with Gasteiger partial charge in [-0.3, -0.25) is 9.78 Å². The SMILES string of the molecule is Cc1ccc(-c2cncc(C(=O)Nc3ccc(N4CCOCC4)cc3)c2)cc1. The van der Waals surface area contributed by atoms with Crippen LogP contribution < -0.4 is 10.2 Å². The molecule has 0 atom stereocenters. The number of nitrogens with one attached hydrogen (secondary N) is 1. The number of anilines is 2. The molecule has 2 heterocycles. The van der Waals surface area contributed by atoms with Gasteiger partial charge in [-0.15, -0.1) is 0 Å². The third-order valence-electron chi connectivity index (χ3n) is 4.89. The molecule has 0 unspecified atom stereocenters. The van der Waals surface area contributed by atoms with Crippen molar-refractivity contribution in [3.8, 4) is 11.1 Å². The van der Waals surface area contributed by atoms with Crippen molar-refractivity contribution >= 4 is 17.3 Å². The lowest BCUT2D eigenvalue weighted by Crippen LogP contribution is -2.36. The van der Waals surface area contributed by atoms with Gasteiger partial charge in [-0.05, 0) is 42.8 Å². The van der Waals surface area contributed by atoms with E-state index in [1.165, 1.54) is 5.56 Å². The fourth-order valence-corrected chi connectivity index (χ4v) is 3.25. The van der Waals surface area contributed by atoms with E-state index in [1.807, 2.05) is 42.5 Å². The lowest BCUT2D eigenvalue weighted by atomic mass is 10.0. The van der Waals surface area contributed by atoms with Crippen LogP contribution in [0.5, 0.6) is 0 Å². The van der Waals surface area contributed by atoms with Gasteiger partial charge in [-0.1, -0.05) is 29.8 Å². The van der Waals surface area contributed by atoms with Gasteiger partial charge in [-0.2, -0.15) is 0 Å². The number of rotatable bonds is 4. The van der Waals surface area contributed by atoms with Crippen LogP contribution in [0.2, 0.25) is 0 Å². The second-order valence-corrected chi connectivity index (χ2v) is 6.93. The smallest absolute Gasteiger partial charge is 0.257 e. The zero-order valence-corrected chi connectivity index (χ0v) is 15.9. The Balaban J connectivity index is 1.46. The molecule has 1 aliphatic heterocycles. The molecular formula is C23H23N3O2. The number of hydrogen-bond acceptors (Lipinski definition) is 4. The molecule has 1 saturated heterocycles. The van der Waals surface area contributed by atoms with E-state index in [4.69, 9.17) is 4.74 Å². The number of carbonyl (C=O) groups is 1. The minimum absolute atomic E-state index is 0.166. The zero-order chi connectivity index (χ0) is 19.3. The predicted octanol–water partition coefficient (Wildman–Crippen LogP) is 4.15. The topological polar surface area (TPSA) is 54.5 Å². The van der Waals surface area contributed by atoms with Gasteiger partial charge >= 0.3 is 0 Å². The molecule has 1 aromatic heterocycles. The van der Waals surface area contributed by atoms with Crippen molar-refractivity contribution in [2.24, 2.45) is 0 Å². The van der Waals surface area contributed by atoms with Crippen LogP contribution in [0.15, 0.2) is 67.0 Å². The van der Waals surface area contributed by atoms with Crippen molar-refractivity contribution < 1.29 is 9.53 Å². The van der Waals surface area contributed by atoms with Crippen LogP contribution in [0, 0.1) is 6.92 Å². The van der Waals surface area contributed by atoms with Crippen LogP contribution in [-0.2, 0) is 4.74 Å². The van der Waals surface area contributed by atoms with Crippen LogP contribution in [-0.4, -0.2) is 37.2 Å². The molecule has 0 bridgehead atoms. The van der Waals surface area contributed by atoms with Crippen LogP contribution in [0.3, 0.4) is 0 Å². The molecule has 0 spiro atoms. The normalized spacial score (nSPS) is 14.0. The summed E-state index contributed by atoms with van der Waals surface area (Å²) in [6, 6.07) is 18.0. The van der Waals surface area contributed by atoms with Gasteiger partial charge in [0.05, 0.1) is 18.8 Å². The largest absolute Gasteiger partial charge is 0.378 e. The first kappa shape index (κ1) is 18.2. The molecular weight excluding hydrogens is 350 g/mol. The lowest BCUT2D eigenvalue weighted by molar-refractivity contribution is 0.102. The molecule has 2 aromatic carbocycles. The van der Waals surface area contributed by atoms with Gasteiger partial charge in [0.1, 0.15) is 0 Å². The van der Waals surface area contributed by atoms with Gasteiger partial charge in [0.2, 0.25) is 0 Å². The number of aryl methyl sites for hydroxylation is 1. The Labute approximate surface area is 165 Å². The van der Waals surface area contributed by atoms with Crippen LogP contribution in [0.1, 0.15) is 15.9 Å². The van der Waals surface area contributed by atoms with Crippen molar-refractivity contribution in [3.63, 3.8) is 0 Å². The number of aromatic nitrogens is 1. The Morgan fingerprint density at radius 2 is 1.68 bits per heavy atom. The molecule has 1 fully saturated rings. The number of nitrogens with zero attached hydrogens (tertiary/aromatic N) is 2. The molecule has 3 aromatic rings. The Kier molecular flexibility index (Phi) is 5.35. The third-order valence-corrected chi connectivity index (χ3v) is 4.89. The average Bonchev–Trinajstić information content (AvgIpc) is 2.75. The maximum Gasteiger partial charge on any atom is 0.257 e. The highest BCUT2D eigenvalue weighted by molar-refractivity contribution is 6.04. The van der Waals surface area contributed by atoms with Crippen molar-refractivity contribution in [3.05, 3.63) is 78.1 Å². The van der Waals surface area contributed by atoms with E-state index in [1.54, 1.807) is 12.4 Å². The minimum atomic E-state index is -0.166. The summed E-state index contributed by atoms with van der Waals surface area (Å²) in [4.78, 5) is 19.2. The summed E-state index contributed by atoms with van der Waals surface area (Å²) in [5.41, 5.74) is 5.62. The van der Waals surface area contributed by atoms with E-state index < -0.39 is 0 Å². The van der Waals surface area contributed by atoms with E-state index in [2.05, 4.69) is 34.3 Å². The second kappa shape index (κ2) is 8.23. The number of benzene rings is 2.